The molecular weight excluding hydrogens is 479 g/mol. The van der Waals surface area contributed by atoms with Gasteiger partial charge in [-0.3, -0.25) is 0 Å². The molecule has 7 nitrogen and oxygen atoms in total. The number of pyridine rings is 1. The first kappa shape index (κ1) is 24.5. The average Bonchev–Trinajstić information content (AvgIpc) is 3.46. The Labute approximate surface area is 196 Å². The van der Waals surface area contributed by atoms with Crippen LogP contribution in [-0.4, -0.2) is 47.2 Å². The largest absolute Gasteiger partial charge is 0.356 e. The Balaban J connectivity index is 0.000000686. The van der Waals surface area contributed by atoms with E-state index in [4.69, 9.17) is 19.0 Å². The van der Waals surface area contributed by atoms with E-state index in [1.807, 2.05) is 33.8 Å². The van der Waals surface area contributed by atoms with Gasteiger partial charge in [0.25, 0.3) is 5.89 Å². The topological polar surface area (TPSA) is 73.5 Å². The highest BCUT2D eigenvalue weighted by atomic mass is 79.9. The normalized spacial score (nSPS) is 17.0. The molecule has 0 atom stereocenters. The molecule has 0 radical (unpaired) electrons. The first-order valence-corrected chi connectivity index (χ1v) is 12.0. The highest BCUT2D eigenvalue weighted by Crippen LogP contribution is 2.38. The van der Waals surface area contributed by atoms with Gasteiger partial charge in [-0.05, 0) is 35.0 Å². The Morgan fingerprint density at radius 3 is 2.25 bits per heavy atom. The van der Waals surface area contributed by atoms with Crippen molar-refractivity contribution in [1.29, 1.82) is 0 Å². The number of hydrogen-bond donors (Lipinski definition) is 0. The molecule has 0 amide bonds. The number of hydrogen-bond acceptors (Lipinski definition) is 7. The summed E-state index contributed by atoms with van der Waals surface area (Å²) in [5, 5.41) is 4.70. The fourth-order valence-corrected chi connectivity index (χ4v) is 4.17. The molecule has 1 spiro atoms. The number of rotatable bonds is 2. The van der Waals surface area contributed by atoms with E-state index in [1.54, 1.807) is 13.0 Å². The molecule has 0 N–H and O–H groups in total. The van der Waals surface area contributed by atoms with Crippen LogP contribution in [0.15, 0.2) is 27.2 Å². The van der Waals surface area contributed by atoms with E-state index in [9.17, 15) is 4.39 Å². The van der Waals surface area contributed by atoms with Gasteiger partial charge in [-0.1, -0.05) is 32.9 Å². The van der Waals surface area contributed by atoms with E-state index in [0.29, 0.717) is 53.8 Å². The summed E-state index contributed by atoms with van der Waals surface area (Å²) in [6.45, 7) is 12.4. The Morgan fingerprint density at radius 1 is 1.00 bits per heavy atom. The van der Waals surface area contributed by atoms with E-state index in [2.05, 4.69) is 31.0 Å². The lowest BCUT2D eigenvalue weighted by molar-refractivity contribution is -0.169. The molecule has 2 fully saturated rings. The molecule has 5 rings (SSSR count). The molecule has 3 aromatic rings. The second kappa shape index (κ2) is 10.7. The van der Waals surface area contributed by atoms with Gasteiger partial charge < -0.3 is 18.9 Å². The van der Waals surface area contributed by atoms with Crippen molar-refractivity contribution < 1.29 is 18.4 Å². The molecule has 0 bridgehead atoms. The number of aromatic nitrogens is 3. The third-order valence-corrected chi connectivity index (χ3v) is 5.84. The van der Waals surface area contributed by atoms with Gasteiger partial charge in [0.1, 0.15) is 11.6 Å². The number of aryl methyl sites for hydroxylation is 1. The molecule has 32 heavy (non-hydrogen) atoms. The highest BCUT2D eigenvalue weighted by molar-refractivity contribution is 9.10. The Morgan fingerprint density at radius 2 is 1.66 bits per heavy atom. The minimum absolute atomic E-state index is 0.349. The minimum Gasteiger partial charge on any atom is -0.356 e. The zero-order valence-electron chi connectivity index (χ0n) is 19.2. The summed E-state index contributed by atoms with van der Waals surface area (Å²) in [5.74, 6) is 0.817. The molecule has 2 saturated heterocycles. The van der Waals surface area contributed by atoms with Crippen molar-refractivity contribution in [2.75, 3.05) is 31.2 Å². The van der Waals surface area contributed by atoms with Crippen LogP contribution < -0.4 is 4.90 Å². The highest BCUT2D eigenvalue weighted by Gasteiger charge is 2.40. The lowest BCUT2D eigenvalue weighted by Crippen LogP contribution is -2.45. The molecule has 1 aromatic carbocycles. The molecule has 9 heteroatoms. The van der Waals surface area contributed by atoms with Crippen molar-refractivity contribution in [2.24, 2.45) is 0 Å². The average molecular weight is 509 g/mol. The van der Waals surface area contributed by atoms with Crippen molar-refractivity contribution >= 4 is 32.7 Å². The van der Waals surface area contributed by atoms with Crippen LogP contribution in [0.3, 0.4) is 0 Å². The van der Waals surface area contributed by atoms with E-state index in [1.165, 1.54) is 6.07 Å². The molecule has 0 saturated carbocycles. The van der Waals surface area contributed by atoms with Gasteiger partial charge in [0.2, 0.25) is 0 Å². The van der Waals surface area contributed by atoms with Gasteiger partial charge in [-0.15, -0.1) is 0 Å². The number of nitrogens with zero attached hydrogens (tertiary/aromatic N) is 4. The smallest absolute Gasteiger partial charge is 0.261 e. The monoisotopic (exact) mass is 508 g/mol. The maximum Gasteiger partial charge on any atom is 0.261 e. The van der Waals surface area contributed by atoms with E-state index >= 15 is 0 Å². The van der Waals surface area contributed by atoms with Crippen LogP contribution in [0.25, 0.3) is 22.4 Å². The SMILES string of the molecule is CC.CC.Cc1noc(-c2cc3cc(Br)c(F)cc3nc2N2CCC3(CC2)OCCO3)n1. The Kier molecular flexibility index (Phi) is 8.19. The lowest BCUT2D eigenvalue weighted by atomic mass is 10.0. The second-order valence-corrected chi connectivity index (χ2v) is 7.91. The third kappa shape index (κ3) is 4.94. The van der Waals surface area contributed by atoms with Crippen LogP contribution in [0.1, 0.15) is 46.4 Å². The second-order valence-electron chi connectivity index (χ2n) is 7.06. The Hall–Kier alpha value is -2.10. The molecule has 0 unspecified atom stereocenters. The summed E-state index contributed by atoms with van der Waals surface area (Å²) < 4.78 is 31.5. The van der Waals surface area contributed by atoms with Gasteiger partial charge in [0.05, 0.1) is 28.8 Å². The van der Waals surface area contributed by atoms with Gasteiger partial charge in [-0.2, -0.15) is 4.98 Å². The number of halogens is 2. The zero-order valence-corrected chi connectivity index (χ0v) is 20.8. The minimum atomic E-state index is -0.481. The van der Waals surface area contributed by atoms with Gasteiger partial charge in [0.15, 0.2) is 11.6 Å². The van der Waals surface area contributed by atoms with Crippen LogP contribution in [0.4, 0.5) is 10.2 Å². The van der Waals surface area contributed by atoms with Crippen molar-refractivity contribution in [1.82, 2.24) is 15.1 Å². The first-order chi connectivity index (χ1) is 15.5. The summed E-state index contributed by atoms with van der Waals surface area (Å²) in [7, 11) is 0. The molecule has 4 heterocycles. The molecule has 0 aliphatic carbocycles. The fraction of sp³-hybridized carbons (Fsp3) is 0.522. The van der Waals surface area contributed by atoms with Crippen LogP contribution >= 0.6 is 15.9 Å². The number of ether oxygens (including phenoxy) is 2. The van der Waals surface area contributed by atoms with E-state index in [0.717, 1.165) is 23.8 Å². The van der Waals surface area contributed by atoms with Crippen LogP contribution in [0.5, 0.6) is 0 Å². The predicted octanol–water partition coefficient (Wildman–Crippen LogP) is 5.89. The summed E-state index contributed by atoms with van der Waals surface area (Å²) in [4.78, 5) is 11.3. The van der Waals surface area contributed by atoms with E-state index in [-0.39, 0.29) is 5.82 Å². The number of benzene rings is 1. The number of anilines is 1. The van der Waals surface area contributed by atoms with Crippen LogP contribution in [0, 0.1) is 12.7 Å². The lowest BCUT2D eigenvalue weighted by Gasteiger charge is -2.38. The van der Waals surface area contributed by atoms with E-state index < -0.39 is 5.79 Å². The van der Waals surface area contributed by atoms with Crippen molar-refractivity contribution in [3.8, 4) is 11.5 Å². The van der Waals surface area contributed by atoms with Crippen molar-refractivity contribution in [3.63, 3.8) is 0 Å². The van der Waals surface area contributed by atoms with Crippen molar-refractivity contribution in [3.05, 3.63) is 34.3 Å². The summed E-state index contributed by atoms with van der Waals surface area (Å²) in [6, 6.07) is 5.06. The summed E-state index contributed by atoms with van der Waals surface area (Å²) >= 11 is 3.24. The molecular formula is C23H30BrFN4O3. The van der Waals surface area contributed by atoms with Crippen LogP contribution in [-0.2, 0) is 9.47 Å². The predicted molar refractivity (Wildman–Crippen MR) is 126 cm³/mol. The number of fused-ring (bicyclic) bond motifs is 1. The molecule has 2 aromatic heterocycles. The number of piperidine rings is 1. The maximum atomic E-state index is 14.1. The van der Waals surface area contributed by atoms with Gasteiger partial charge in [-0.25, -0.2) is 9.37 Å². The Bertz CT molecular complexity index is 1040. The standard InChI is InChI=1S/C19H18BrFN4O3.2C2H6/c1-11-22-18(28-24-11)13-8-12-9-14(20)15(21)10-16(12)23-17(13)25-4-2-19(3-5-25)26-6-7-27-19;2*1-2/h8-10H,2-7H2,1H3;2*1-2H3. The fourth-order valence-electron chi connectivity index (χ4n) is 3.81. The molecule has 2 aliphatic heterocycles. The quantitative estimate of drug-likeness (QED) is 0.427. The summed E-state index contributed by atoms with van der Waals surface area (Å²) in [6.07, 6.45) is 1.48. The molecule has 2 aliphatic rings. The zero-order chi connectivity index (χ0) is 23.3. The van der Waals surface area contributed by atoms with Gasteiger partial charge >= 0.3 is 0 Å². The first-order valence-electron chi connectivity index (χ1n) is 11.2. The maximum absolute atomic E-state index is 14.1. The van der Waals surface area contributed by atoms with Crippen LogP contribution in [0.2, 0.25) is 0 Å². The van der Waals surface area contributed by atoms with Crippen molar-refractivity contribution in [2.45, 2.75) is 53.2 Å². The summed E-state index contributed by atoms with van der Waals surface area (Å²) in [5.41, 5.74) is 1.31. The molecule has 174 valence electrons. The third-order valence-electron chi connectivity index (χ3n) is 5.23. The van der Waals surface area contributed by atoms with Gasteiger partial charge in [0, 0.05) is 37.4 Å².